The van der Waals surface area contributed by atoms with E-state index in [1.807, 2.05) is 0 Å². The lowest BCUT2D eigenvalue weighted by molar-refractivity contribution is 0.0809. The molecule has 1 fully saturated rings. The van der Waals surface area contributed by atoms with Crippen molar-refractivity contribution in [2.75, 3.05) is 46.1 Å². The van der Waals surface area contributed by atoms with Gasteiger partial charge in [-0.25, -0.2) is 0 Å². The summed E-state index contributed by atoms with van der Waals surface area (Å²) < 4.78 is 6.19. The van der Waals surface area contributed by atoms with Crippen molar-refractivity contribution < 1.29 is 14.9 Å². The predicted molar refractivity (Wildman–Crippen MR) is 146 cm³/mol. The van der Waals surface area contributed by atoms with Crippen LogP contribution >= 0.6 is 0 Å². The van der Waals surface area contributed by atoms with Crippen molar-refractivity contribution in [2.24, 2.45) is 5.92 Å². The Hall–Kier alpha value is -0.160. The second-order valence-corrected chi connectivity index (χ2v) is 10.9. The average molecular weight is 484 g/mol. The molecular formula is C30H61NO3. The molecule has 0 aromatic carbocycles. The molecule has 2 N–H and O–H groups in total. The summed E-state index contributed by atoms with van der Waals surface area (Å²) in [6.07, 6.45) is 28.6. The molecule has 4 heteroatoms. The van der Waals surface area contributed by atoms with E-state index in [-0.39, 0.29) is 0 Å². The molecule has 0 radical (unpaired) electrons. The van der Waals surface area contributed by atoms with Crippen molar-refractivity contribution in [3.63, 3.8) is 0 Å². The highest BCUT2D eigenvalue weighted by Crippen LogP contribution is 2.20. The van der Waals surface area contributed by atoms with Crippen molar-refractivity contribution in [3.8, 4) is 0 Å². The molecule has 0 amide bonds. The smallest absolute Gasteiger partial charge is 0.0494 e. The molecule has 0 spiro atoms. The largest absolute Gasteiger partial charge is 0.396 e. The van der Waals surface area contributed by atoms with E-state index in [0.717, 1.165) is 32.0 Å². The van der Waals surface area contributed by atoms with Gasteiger partial charge in [0.15, 0.2) is 0 Å². The normalized spacial score (nSPS) is 14.9. The maximum absolute atomic E-state index is 8.87. The van der Waals surface area contributed by atoms with E-state index in [9.17, 15) is 0 Å². The number of aliphatic hydroxyl groups is 2. The van der Waals surface area contributed by atoms with E-state index in [1.54, 1.807) is 0 Å². The van der Waals surface area contributed by atoms with Gasteiger partial charge in [-0.15, -0.1) is 0 Å². The number of hydrogen-bond acceptors (Lipinski definition) is 4. The predicted octanol–water partition coefficient (Wildman–Crippen LogP) is 7.50. The standard InChI is InChI=1S/C30H61NO3/c32-26-18-11-7-3-1-5-9-14-21-30(22-15-10-6-2-4-8-12-19-27-33)29-34-28-20-25-31-23-16-13-17-24-31/h30,32-33H,1-29H2. The molecule has 4 nitrogen and oxygen atoms in total. The molecule has 0 aromatic rings. The fourth-order valence-electron chi connectivity index (χ4n) is 5.35. The number of piperidine rings is 1. The first-order valence-corrected chi connectivity index (χ1v) is 15.4. The summed E-state index contributed by atoms with van der Waals surface area (Å²) in [5.74, 6) is 0.754. The van der Waals surface area contributed by atoms with Crippen LogP contribution in [0.2, 0.25) is 0 Å². The molecule has 1 aliphatic heterocycles. The average Bonchev–Trinajstić information content (AvgIpc) is 2.86. The zero-order chi connectivity index (χ0) is 24.4. The number of rotatable bonds is 26. The third-order valence-electron chi connectivity index (χ3n) is 7.61. The van der Waals surface area contributed by atoms with Crippen LogP contribution in [0.3, 0.4) is 0 Å². The summed E-state index contributed by atoms with van der Waals surface area (Å²) in [5.41, 5.74) is 0. The Labute approximate surface area is 213 Å². The molecule has 0 atom stereocenters. The maximum atomic E-state index is 8.87. The summed E-state index contributed by atoms with van der Waals surface area (Å²) in [7, 11) is 0. The van der Waals surface area contributed by atoms with Gasteiger partial charge in [-0.05, 0) is 64.0 Å². The molecule has 1 heterocycles. The molecule has 1 saturated heterocycles. The van der Waals surface area contributed by atoms with E-state index in [2.05, 4.69) is 4.90 Å². The Kier molecular flexibility index (Phi) is 24.3. The van der Waals surface area contributed by atoms with Crippen LogP contribution in [0.4, 0.5) is 0 Å². The second-order valence-electron chi connectivity index (χ2n) is 10.9. The van der Waals surface area contributed by atoms with Gasteiger partial charge in [-0.1, -0.05) is 96.3 Å². The fourth-order valence-corrected chi connectivity index (χ4v) is 5.35. The Morgan fingerprint density at radius 3 is 1.44 bits per heavy atom. The van der Waals surface area contributed by atoms with Crippen LogP contribution in [0.15, 0.2) is 0 Å². The topological polar surface area (TPSA) is 52.9 Å². The lowest BCUT2D eigenvalue weighted by Crippen LogP contribution is -2.31. The molecular weight excluding hydrogens is 422 g/mol. The van der Waals surface area contributed by atoms with Crippen LogP contribution < -0.4 is 0 Å². The molecule has 0 bridgehead atoms. The lowest BCUT2D eigenvalue weighted by atomic mass is 9.94. The van der Waals surface area contributed by atoms with Gasteiger partial charge in [0.1, 0.15) is 0 Å². The van der Waals surface area contributed by atoms with Gasteiger partial charge in [0.2, 0.25) is 0 Å². The van der Waals surface area contributed by atoms with E-state index >= 15 is 0 Å². The number of ether oxygens (including phenoxy) is 1. The van der Waals surface area contributed by atoms with Gasteiger partial charge in [0.05, 0.1) is 0 Å². The minimum Gasteiger partial charge on any atom is -0.396 e. The fraction of sp³-hybridized carbons (Fsp3) is 1.00. The molecule has 204 valence electrons. The highest BCUT2D eigenvalue weighted by molar-refractivity contribution is 4.65. The quantitative estimate of drug-likeness (QED) is 0.125. The Balaban J connectivity index is 2.09. The summed E-state index contributed by atoms with van der Waals surface area (Å²) in [6.45, 7) is 6.44. The highest BCUT2D eigenvalue weighted by Gasteiger charge is 2.11. The van der Waals surface area contributed by atoms with Crippen molar-refractivity contribution >= 4 is 0 Å². The zero-order valence-electron chi connectivity index (χ0n) is 22.8. The van der Waals surface area contributed by atoms with Crippen LogP contribution in [0.1, 0.15) is 141 Å². The van der Waals surface area contributed by atoms with Gasteiger partial charge in [0.25, 0.3) is 0 Å². The summed E-state index contributed by atoms with van der Waals surface area (Å²) in [6, 6.07) is 0. The molecule has 34 heavy (non-hydrogen) atoms. The molecule has 1 aliphatic rings. The first-order chi connectivity index (χ1) is 16.9. The lowest BCUT2D eigenvalue weighted by Gasteiger charge is -2.26. The number of aliphatic hydroxyl groups excluding tert-OH is 2. The third-order valence-corrected chi connectivity index (χ3v) is 7.61. The van der Waals surface area contributed by atoms with E-state index in [4.69, 9.17) is 14.9 Å². The number of likely N-dealkylation sites (tertiary alicyclic amines) is 1. The monoisotopic (exact) mass is 483 g/mol. The van der Waals surface area contributed by atoms with Crippen LogP contribution in [0.5, 0.6) is 0 Å². The Bertz CT molecular complexity index is 365. The summed E-state index contributed by atoms with van der Waals surface area (Å²) in [4.78, 5) is 2.62. The Morgan fingerprint density at radius 2 is 0.971 bits per heavy atom. The summed E-state index contributed by atoms with van der Waals surface area (Å²) >= 11 is 0. The minimum absolute atomic E-state index is 0.354. The molecule has 0 aliphatic carbocycles. The van der Waals surface area contributed by atoms with Gasteiger partial charge in [-0.2, -0.15) is 0 Å². The van der Waals surface area contributed by atoms with Gasteiger partial charge in [-0.3, -0.25) is 0 Å². The van der Waals surface area contributed by atoms with Crippen LogP contribution in [0.25, 0.3) is 0 Å². The number of hydrogen-bond donors (Lipinski definition) is 2. The van der Waals surface area contributed by atoms with Crippen molar-refractivity contribution in [1.82, 2.24) is 4.90 Å². The number of nitrogens with zero attached hydrogens (tertiary/aromatic N) is 1. The van der Waals surface area contributed by atoms with E-state index in [0.29, 0.717) is 13.2 Å². The highest BCUT2D eigenvalue weighted by atomic mass is 16.5. The van der Waals surface area contributed by atoms with Gasteiger partial charge in [0, 0.05) is 33.0 Å². The van der Waals surface area contributed by atoms with Crippen LogP contribution in [-0.4, -0.2) is 61.2 Å². The third kappa shape index (κ3) is 21.1. The van der Waals surface area contributed by atoms with Gasteiger partial charge >= 0.3 is 0 Å². The molecule has 1 rings (SSSR count). The second kappa shape index (κ2) is 25.9. The minimum atomic E-state index is 0.354. The van der Waals surface area contributed by atoms with Crippen LogP contribution in [0, 0.1) is 5.92 Å². The number of unbranched alkanes of at least 4 members (excludes halogenated alkanes) is 14. The molecule has 0 saturated carbocycles. The van der Waals surface area contributed by atoms with Crippen molar-refractivity contribution in [1.29, 1.82) is 0 Å². The van der Waals surface area contributed by atoms with Crippen molar-refractivity contribution in [3.05, 3.63) is 0 Å². The molecule has 0 aromatic heterocycles. The first-order valence-electron chi connectivity index (χ1n) is 15.4. The zero-order valence-corrected chi connectivity index (χ0v) is 22.8. The van der Waals surface area contributed by atoms with Crippen molar-refractivity contribution in [2.45, 2.75) is 141 Å². The maximum Gasteiger partial charge on any atom is 0.0494 e. The van der Waals surface area contributed by atoms with Crippen LogP contribution in [-0.2, 0) is 4.74 Å². The summed E-state index contributed by atoms with van der Waals surface area (Å²) in [5, 5.41) is 17.7. The SMILES string of the molecule is OCCCCCCCCCCC(CCCCCCCCCCO)COCCCN1CCCCC1. The first kappa shape index (κ1) is 31.9. The van der Waals surface area contributed by atoms with Gasteiger partial charge < -0.3 is 19.8 Å². The Morgan fingerprint density at radius 1 is 0.529 bits per heavy atom. The van der Waals surface area contributed by atoms with E-state index in [1.165, 1.54) is 148 Å². The molecule has 0 unspecified atom stereocenters. The van der Waals surface area contributed by atoms with E-state index < -0.39 is 0 Å².